The Morgan fingerprint density at radius 3 is 2.47 bits per heavy atom. The maximum atomic E-state index is 6.19. The quantitative estimate of drug-likeness (QED) is 0.666. The molecule has 2 aromatic rings. The Kier molecular flexibility index (Phi) is 4.53. The number of nitrogens with zero attached hydrogens (tertiary/aromatic N) is 1. The van der Waals surface area contributed by atoms with E-state index in [1.807, 2.05) is 12.1 Å². The minimum absolute atomic E-state index is 0.0894. The largest absolute Gasteiger partial charge is 0.271 e. The van der Waals surface area contributed by atoms with Crippen molar-refractivity contribution in [1.29, 1.82) is 0 Å². The van der Waals surface area contributed by atoms with Crippen LogP contribution in [-0.2, 0) is 6.42 Å². The number of aryl methyl sites for hydroxylation is 2. The van der Waals surface area contributed by atoms with E-state index in [0.29, 0.717) is 5.02 Å². The van der Waals surface area contributed by atoms with Crippen LogP contribution in [0.3, 0.4) is 0 Å². The van der Waals surface area contributed by atoms with E-state index >= 15 is 0 Å². The highest BCUT2D eigenvalue weighted by Gasteiger charge is 2.17. The smallest absolute Gasteiger partial charge is 0.0775 e. The van der Waals surface area contributed by atoms with E-state index in [4.69, 9.17) is 17.4 Å². The third kappa shape index (κ3) is 3.13. The summed E-state index contributed by atoms with van der Waals surface area (Å²) in [4.78, 5) is 4.33. The summed E-state index contributed by atoms with van der Waals surface area (Å²) in [7, 11) is 0. The number of aromatic nitrogens is 1. The molecule has 1 aromatic carbocycles. The second kappa shape index (κ2) is 6.15. The first-order valence-corrected chi connectivity index (χ1v) is 6.63. The minimum atomic E-state index is -0.0894. The molecule has 0 spiro atoms. The lowest BCUT2D eigenvalue weighted by atomic mass is 9.95. The molecular formula is C15H18ClN3. The summed E-state index contributed by atoms with van der Waals surface area (Å²) in [6.45, 7) is 4.21. The van der Waals surface area contributed by atoms with Crippen molar-refractivity contribution in [3.05, 3.63) is 63.9 Å². The summed E-state index contributed by atoms with van der Waals surface area (Å²) in [5.74, 6) is 5.67. The highest BCUT2D eigenvalue weighted by atomic mass is 35.5. The zero-order valence-electron chi connectivity index (χ0n) is 11.2. The molecule has 1 atom stereocenters. The molecule has 1 aromatic heterocycles. The monoisotopic (exact) mass is 275 g/mol. The van der Waals surface area contributed by atoms with E-state index < -0.39 is 0 Å². The van der Waals surface area contributed by atoms with Crippen LogP contribution in [0.5, 0.6) is 0 Å². The number of pyridine rings is 1. The van der Waals surface area contributed by atoms with Crippen LogP contribution in [-0.4, -0.2) is 4.98 Å². The molecular weight excluding hydrogens is 258 g/mol. The van der Waals surface area contributed by atoms with Crippen LogP contribution in [0.25, 0.3) is 0 Å². The van der Waals surface area contributed by atoms with Crippen molar-refractivity contribution in [2.75, 3.05) is 0 Å². The summed E-state index contributed by atoms with van der Waals surface area (Å²) < 4.78 is 0. The van der Waals surface area contributed by atoms with Crippen LogP contribution in [0.1, 0.15) is 28.4 Å². The van der Waals surface area contributed by atoms with Crippen LogP contribution in [0.15, 0.2) is 36.5 Å². The number of hydrogen-bond acceptors (Lipinski definition) is 3. The van der Waals surface area contributed by atoms with Gasteiger partial charge in [-0.1, -0.05) is 29.8 Å². The maximum Gasteiger partial charge on any atom is 0.0775 e. The molecule has 0 radical (unpaired) electrons. The van der Waals surface area contributed by atoms with Gasteiger partial charge in [0.25, 0.3) is 0 Å². The Hall–Kier alpha value is -1.42. The fourth-order valence-electron chi connectivity index (χ4n) is 2.26. The standard InChI is InChI=1S/C15H18ClN3/c1-10-5-3-6-11(2)12(10)9-14(19-17)15-13(16)7-4-8-18-15/h3-8,14,19H,9,17H2,1-2H3. The first kappa shape index (κ1) is 14.0. The van der Waals surface area contributed by atoms with E-state index in [0.717, 1.165) is 12.1 Å². The summed E-state index contributed by atoms with van der Waals surface area (Å²) in [6, 6.07) is 9.84. The van der Waals surface area contributed by atoms with Crippen LogP contribution >= 0.6 is 11.6 Å². The Labute approximate surface area is 118 Å². The summed E-state index contributed by atoms with van der Waals surface area (Å²) in [5, 5.41) is 0.636. The van der Waals surface area contributed by atoms with Gasteiger partial charge in [0.15, 0.2) is 0 Å². The van der Waals surface area contributed by atoms with Gasteiger partial charge in [0.05, 0.1) is 16.8 Å². The average Bonchev–Trinajstić information content (AvgIpc) is 2.40. The van der Waals surface area contributed by atoms with E-state index in [-0.39, 0.29) is 6.04 Å². The number of hydrazine groups is 1. The van der Waals surface area contributed by atoms with Gasteiger partial charge in [0.2, 0.25) is 0 Å². The number of nitrogens with one attached hydrogen (secondary N) is 1. The van der Waals surface area contributed by atoms with E-state index in [1.165, 1.54) is 16.7 Å². The molecule has 2 rings (SSSR count). The highest BCUT2D eigenvalue weighted by molar-refractivity contribution is 6.31. The fraction of sp³-hybridized carbons (Fsp3) is 0.267. The molecule has 0 aliphatic heterocycles. The van der Waals surface area contributed by atoms with E-state index in [9.17, 15) is 0 Å². The molecule has 1 unspecified atom stereocenters. The molecule has 0 aliphatic carbocycles. The summed E-state index contributed by atoms with van der Waals surface area (Å²) in [5.41, 5.74) is 7.40. The fourth-order valence-corrected chi connectivity index (χ4v) is 2.52. The number of benzene rings is 1. The molecule has 0 fully saturated rings. The molecule has 0 saturated heterocycles. The first-order chi connectivity index (χ1) is 9.13. The lowest BCUT2D eigenvalue weighted by Gasteiger charge is -2.19. The second-order valence-corrected chi connectivity index (χ2v) is 5.07. The van der Waals surface area contributed by atoms with Crippen molar-refractivity contribution in [2.45, 2.75) is 26.3 Å². The van der Waals surface area contributed by atoms with Gasteiger partial charge in [-0.2, -0.15) is 0 Å². The predicted molar refractivity (Wildman–Crippen MR) is 78.9 cm³/mol. The Balaban J connectivity index is 2.32. The van der Waals surface area contributed by atoms with E-state index in [1.54, 1.807) is 6.20 Å². The Bertz CT molecular complexity index is 549. The minimum Gasteiger partial charge on any atom is -0.271 e. The van der Waals surface area contributed by atoms with Gasteiger partial charge in [0.1, 0.15) is 0 Å². The van der Waals surface area contributed by atoms with Gasteiger partial charge in [-0.3, -0.25) is 16.3 Å². The van der Waals surface area contributed by atoms with Gasteiger partial charge in [-0.15, -0.1) is 0 Å². The van der Waals surface area contributed by atoms with Crippen molar-refractivity contribution in [1.82, 2.24) is 10.4 Å². The topological polar surface area (TPSA) is 50.9 Å². The van der Waals surface area contributed by atoms with Gasteiger partial charge in [-0.25, -0.2) is 0 Å². The molecule has 0 aliphatic rings. The molecule has 0 saturated carbocycles. The zero-order chi connectivity index (χ0) is 13.8. The van der Waals surface area contributed by atoms with Crippen molar-refractivity contribution in [3.8, 4) is 0 Å². The van der Waals surface area contributed by atoms with Crippen LogP contribution in [0, 0.1) is 13.8 Å². The molecule has 0 amide bonds. The van der Waals surface area contributed by atoms with Gasteiger partial charge in [-0.05, 0) is 49.1 Å². The van der Waals surface area contributed by atoms with Crippen molar-refractivity contribution < 1.29 is 0 Å². The summed E-state index contributed by atoms with van der Waals surface area (Å²) in [6.07, 6.45) is 2.50. The Morgan fingerprint density at radius 2 is 1.89 bits per heavy atom. The zero-order valence-corrected chi connectivity index (χ0v) is 11.9. The molecule has 100 valence electrons. The normalized spacial score (nSPS) is 12.4. The lowest BCUT2D eigenvalue weighted by Crippen LogP contribution is -2.30. The third-order valence-electron chi connectivity index (χ3n) is 3.37. The number of nitrogens with two attached hydrogens (primary N) is 1. The van der Waals surface area contributed by atoms with Crippen LogP contribution in [0.2, 0.25) is 5.02 Å². The summed E-state index contributed by atoms with van der Waals surface area (Å²) >= 11 is 6.19. The average molecular weight is 276 g/mol. The van der Waals surface area contributed by atoms with Crippen molar-refractivity contribution in [2.24, 2.45) is 5.84 Å². The van der Waals surface area contributed by atoms with Gasteiger partial charge < -0.3 is 0 Å². The maximum absolute atomic E-state index is 6.19. The lowest BCUT2D eigenvalue weighted by molar-refractivity contribution is 0.536. The number of hydrogen-bond donors (Lipinski definition) is 2. The molecule has 0 bridgehead atoms. The first-order valence-electron chi connectivity index (χ1n) is 6.25. The number of rotatable bonds is 4. The number of halogens is 1. The molecule has 4 heteroatoms. The molecule has 19 heavy (non-hydrogen) atoms. The SMILES string of the molecule is Cc1cccc(C)c1CC(NN)c1ncccc1Cl. The van der Waals surface area contributed by atoms with Crippen LogP contribution in [0.4, 0.5) is 0 Å². The predicted octanol–water partition coefficient (Wildman–Crippen LogP) is 3.10. The van der Waals surface area contributed by atoms with E-state index in [2.05, 4.69) is 42.5 Å². The Morgan fingerprint density at radius 1 is 1.21 bits per heavy atom. The second-order valence-electron chi connectivity index (χ2n) is 4.66. The van der Waals surface area contributed by atoms with Crippen LogP contribution < -0.4 is 11.3 Å². The van der Waals surface area contributed by atoms with Crippen molar-refractivity contribution in [3.63, 3.8) is 0 Å². The molecule has 3 nitrogen and oxygen atoms in total. The molecule has 1 heterocycles. The highest BCUT2D eigenvalue weighted by Crippen LogP contribution is 2.25. The van der Waals surface area contributed by atoms with Gasteiger partial charge >= 0.3 is 0 Å². The van der Waals surface area contributed by atoms with Gasteiger partial charge in [0, 0.05) is 6.20 Å². The molecule has 3 N–H and O–H groups in total. The third-order valence-corrected chi connectivity index (χ3v) is 3.69. The van der Waals surface area contributed by atoms with Crippen molar-refractivity contribution >= 4 is 11.6 Å².